The van der Waals surface area contributed by atoms with Crippen LogP contribution in [0.5, 0.6) is 0 Å². The van der Waals surface area contributed by atoms with Crippen molar-refractivity contribution in [1.82, 2.24) is 4.57 Å². The van der Waals surface area contributed by atoms with Crippen molar-refractivity contribution in [2.45, 2.75) is 12.5 Å². The van der Waals surface area contributed by atoms with Crippen LogP contribution in [0.3, 0.4) is 0 Å². The summed E-state index contributed by atoms with van der Waals surface area (Å²) in [5.41, 5.74) is 0.583. The number of allylic oxidation sites excluding steroid dienone is 2. The maximum atomic E-state index is 12.8. The molecule has 2 N–H and O–H groups in total. The van der Waals surface area contributed by atoms with Gasteiger partial charge in [-0.2, -0.15) is 0 Å². The van der Waals surface area contributed by atoms with Crippen molar-refractivity contribution in [2.24, 2.45) is 0 Å². The Morgan fingerprint density at radius 3 is 2.30 bits per heavy atom. The number of fused-ring (bicyclic) bond motifs is 1. The second-order valence-corrected chi connectivity index (χ2v) is 5.87. The molecule has 1 aliphatic rings. The van der Waals surface area contributed by atoms with Crippen molar-refractivity contribution < 1.29 is 19.8 Å². The van der Waals surface area contributed by atoms with Crippen LogP contribution in [0.15, 0.2) is 48.7 Å². The highest BCUT2D eigenvalue weighted by Gasteiger charge is 2.32. The number of ketones is 2. The molecule has 0 radical (unpaired) electrons. The summed E-state index contributed by atoms with van der Waals surface area (Å²) in [6, 6.07) is 10.1. The Bertz CT molecular complexity index is 812. The first-order chi connectivity index (χ1) is 11.0. The van der Waals surface area contributed by atoms with E-state index in [0.717, 1.165) is 0 Å². The second-order valence-electron chi connectivity index (χ2n) is 5.87. The van der Waals surface area contributed by atoms with Crippen molar-refractivity contribution in [3.63, 3.8) is 0 Å². The number of carbonyl (C=O) groups excluding carboxylic acids is 2. The van der Waals surface area contributed by atoms with E-state index in [1.165, 1.54) is 6.08 Å². The number of aliphatic hydroxyl groups excluding tert-OH is 2. The highest BCUT2D eigenvalue weighted by molar-refractivity contribution is 6.38. The van der Waals surface area contributed by atoms with Gasteiger partial charge in [0.15, 0.2) is 11.6 Å². The third-order valence-electron chi connectivity index (χ3n) is 4.24. The first kappa shape index (κ1) is 15.4. The summed E-state index contributed by atoms with van der Waals surface area (Å²) in [5, 5.41) is 19.2. The molecule has 1 aliphatic carbocycles. The number of carbonyl (C=O) groups is 2. The quantitative estimate of drug-likeness (QED) is 0.900. The van der Waals surface area contributed by atoms with Crippen LogP contribution < -0.4 is 0 Å². The van der Waals surface area contributed by atoms with Crippen LogP contribution >= 0.6 is 0 Å². The lowest BCUT2D eigenvalue weighted by molar-refractivity contribution is 0.0773. The molecule has 3 rings (SSSR count). The molecule has 0 saturated carbocycles. The van der Waals surface area contributed by atoms with E-state index in [9.17, 15) is 19.8 Å². The van der Waals surface area contributed by atoms with Crippen molar-refractivity contribution in [3.05, 3.63) is 65.5 Å². The molecular formula is C18H17NO4. The van der Waals surface area contributed by atoms with Crippen molar-refractivity contribution in [1.29, 1.82) is 0 Å². The third-order valence-corrected chi connectivity index (χ3v) is 4.24. The summed E-state index contributed by atoms with van der Waals surface area (Å²) in [4.78, 5) is 25.1. The Morgan fingerprint density at radius 1 is 1.00 bits per heavy atom. The van der Waals surface area contributed by atoms with E-state index in [-0.39, 0.29) is 30.4 Å². The van der Waals surface area contributed by atoms with Crippen LogP contribution in [-0.2, 0) is 5.54 Å². The summed E-state index contributed by atoms with van der Waals surface area (Å²) in [6.07, 6.45) is 3.01. The molecule has 0 fully saturated rings. The summed E-state index contributed by atoms with van der Waals surface area (Å²) in [7, 11) is 0. The van der Waals surface area contributed by atoms with Gasteiger partial charge in [-0.05, 0) is 25.1 Å². The van der Waals surface area contributed by atoms with Gasteiger partial charge in [0.25, 0.3) is 0 Å². The van der Waals surface area contributed by atoms with Gasteiger partial charge in [0.1, 0.15) is 0 Å². The number of rotatable bonds is 4. The standard InChI is InChI=1S/C18H17NO4/c1-18(10-20,11-21)19-8-4-7-15(19)14-9-16(22)12-5-2-3-6-13(12)17(14)23/h2-9,20-21H,10-11H2,1H3. The van der Waals surface area contributed by atoms with Gasteiger partial charge in [-0.15, -0.1) is 0 Å². The lowest BCUT2D eigenvalue weighted by Gasteiger charge is -2.30. The van der Waals surface area contributed by atoms with E-state index in [1.807, 2.05) is 0 Å². The van der Waals surface area contributed by atoms with Gasteiger partial charge < -0.3 is 14.8 Å². The number of benzene rings is 1. The SMILES string of the molecule is CC(CO)(CO)n1cccc1C1=CC(=O)c2ccccc2C1=O. The predicted molar refractivity (Wildman–Crippen MR) is 85.3 cm³/mol. The van der Waals surface area contributed by atoms with Crippen LogP contribution in [0.1, 0.15) is 33.3 Å². The highest BCUT2D eigenvalue weighted by Crippen LogP contribution is 2.30. The van der Waals surface area contributed by atoms with Crippen molar-refractivity contribution >= 4 is 17.1 Å². The molecule has 0 amide bonds. The average Bonchev–Trinajstić information content (AvgIpc) is 3.07. The lowest BCUT2D eigenvalue weighted by Crippen LogP contribution is -2.39. The Morgan fingerprint density at radius 2 is 1.65 bits per heavy atom. The molecule has 5 nitrogen and oxygen atoms in total. The van der Waals surface area contributed by atoms with E-state index in [0.29, 0.717) is 16.8 Å². The molecule has 0 unspecified atom stereocenters. The second kappa shape index (κ2) is 5.61. The van der Waals surface area contributed by atoms with Gasteiger partial charge >= 0.3 is 0 Å². The van der Waals surface area contributed by atoms with E-state index >= 15 is 0 Å². The van der Waals surface area contributed by atoms with E-state index < -0.39 is 5.54 Å². The molecular weight excluding hydrogens is 294 g/mol. The fourth-order valence-corrected chi connectivity index (χ4v) is 2.78. The molecule has 0 saturated heterocycles. The Balaban J connectivity index is 2.14. The number of aromatic nitrogens is 1. The summed E-state index contributed by atoms with van der Waals surface area (Å²) >= 11 is 0. The van der Waals surface area contributed by atoms with Gasteiger partial charge in [-0.25, -0.2) is 0 Å². The first-order valence-corrected chi connectivity index (χ1v) is 7.31. The maximum absolute atomic E-state index is 12.8. The van der Waals surface area contributed by atoms with Gasteiger partial charge in [0, 0.05) is 17.3 Å². The number of aliphatic hydroxyl groups is 2. The largest absolute Gasteiger partial charge is 0.394 e. The Labute approximate surface area is 133 Å². The predicted octanol–water partition coefficient (Wildman–Crippen LogP) is 1.65. The van der Waals surface area contributed by atoms with Crippen LogP contribution in [0.25, 0.3) is 5.57 Å². The minimum absolute atomic E-state index is 0.224. The first-order valence-electron chi connectivity index (χ1n) is 7.31. The van der Waals surface area contributed by atoms with Crippen LogP contribution in [0, 0.1) is 0 Å². The van der Waals surface area contributed by atoms with Gasteiger partial charge in [0.05, 0.1) is 30.0 Å². The fourth-order valence-electron chi connectivity index (χ4n) is 2.78. The third kappa shape index (κ3) is 2.34. The lowest BCUT2D eigenvalue weighted by atomic mass is 9.87. The zero-order valence-electron chi connectivity index (χ0n) is 12.7. The topological polar surface area (TPSA) is 79.5 Å². The molecule has 118 valence electrons. The molecule has 23 heavy (non-hydrogen) atoms. The number of hydrogen-bond acceptors (Lipinski definition) is 4. The van der Waals surface area contributed by atoms with Gasteiger partial charge in [-0.3, -0.25) is 9.59 Å². The normalized spacial score (nSPS) is 14.7. The number of Topliss-reactive ketones (excluding diaryl/α,β-unsaturated/α-hetero) is 1. The van der Waals surface area contributed by atoms with E-state index in [4.69, 9.17) is 0 Å². The number of hydrogen-bond donors (Lipinski definition) is 2. The van der Waals surface area contributed by atoms with Crippen LogP contribution in [0.4, 0.5) is 0 Å². The minimum Gasteiger partial charge on any atom is -0.394 e. The molecule has 0 spiro atoms. The Hall–Kier alpha value is -2.50. The zero-order chi connectivity index (χ0) is 16.6. The van der Waals surface area contributed by atoms with Crippen LogP contribution in [-0.4, -0.2) is 39.6 Å². The molecule has 2 aromatic rings. The summed E-state index contributed by atoms with van der Waals surface area (Å²) < 4.78 is 1.64. The molecule has 1 aromatic heterocycles. The average molecular weight is 311 g/mol. The molecule has 1 aromatic carbocycles. The maximum Gasteiger partial charge on any atom is 0.196 e. The van der Waals surface area contributed by atoms with Gasteiger partial charge in [0.2, 0.25) is 0 Å². The molecule has 1 heterocycles. The van der Waals surface area contributed by atoms with Crippen LogP contribution in [0.2, 0.25) is 0 Å². The highest BCUT2D eigenvalue weighted by atomic mass is 16.3. The molecule has 0 atom stereocenters. The van der Waals surface area contributed by atoms with Crippen molar-refractivity contribution in [2.75, 3.05) is 13.2 Å². The molecule has 0 bridgehead atoms. The Kier molecular flexibility index (Phi) is 3.75. The number of nitrogens with zero attached hydrogens (tertiary/aromatic N) is 1. The van der Waals surface area contributed by atoms with Gasteiger partial charge in [-0.1, -0.05) is 24.3 Å². The van der Waals surface area contributed by atoms with E-state index in [1.54, 1.807) is 54.1 Å². The minimum atomic E-state index is -0.958. The fraction of sp³-hybridized carbons (Fsp3) is 0.222. The van der Waals surface area contributed by atoms with E-state index in [2.05, 4.69) is 0 Å². The molecule has 0 aliphatic heterocycles. The zero-order valence-corrected chi connectivity index (χ0v) is 12.7. The monoisotopic (exact) mass is 311 g/mol. The molecule has 5 heteroatoms. The summed E-state index contributed by atoms with van der Waals surface area (Å²) in [6.45, 7) is 1.09. The smallest absolute Gasteiger partial charge is 0.196 e. The summed E-state index contributed by atoms with van der Waals surface area (Å²) in [5.74, 6) is -0.462. The van der Waals surface area contributed by atoms with Crippen molar-refractivity contribution in [3.8, 4) is 0 Å².